The van der Waals surface area contributed by atoms with Crippen molar-refractivity contribution < 1.29 is 9.18 Å². The number of carbonyl (C=O) groups excluding carboxylic acids is 1. The number of carbonyl (C=O) groups is 1. The Balaban J connectivity index is 1.66. The summed E-state index contributed by atoms with van der Waals surface area (Å²) in [4.78, 5) is 14.7. The fourth-order valence-corrected chi connectivity index (χ4v) is 3.67. The minimum atomic E-state index is -0.539. The third-order valence-electron chi connectivity index (χ3n) is 4.94. The lowest BCUT2D eigenvalue weighted by Crippen LogP contribution is -2.55. The summed E-state index contributed by atoms with van der Waals surface area (Å²) < 4.78 is 13.4. The molecule has 1 unspecified atom stereocenters. The van der Waals surface area contributed by atoms with Crippen molar-refractivity contribution in [2.45, 2.75) is 50.2 Å². The number of nitrogens with one attached hydrogen (secondary N) is 1. The molecule has 2 saturated heterocycles. The van der Waals surface area contributed by atoms with Gasteiger partial charge in [0.15, 0.2) is 0 Å². The van der Waals surface area contributed by atoms with E-state index in [1.807, 2.05) is 0 Å². The number of nitrogens with zero attached hydrogens (tertiary/aromatic N) is 1. The van der Waals surface area contributed by atoms with Crippen LogP contribution in [-0.4, -0.2) is 36.0 Å². The second-order valence-electron chi connectivity index (χ2n) is 6.28. The van der Waals surface area contributed by atoms with Gasteiger partial charge in [-0.15, -0.1) is 0 Å². The summed E-state index contributed by atoms with van der Waals surface area (Å²) in [7, 11) is 2.18. The maximum Gasteiger partial charge on any atom is 0.251 e. The molecule has 114 valence electrons. The van der Waals surface area contributed by atoms with Crippen LogP contribution in [0.2, 0.25) is 0 Å². The van der Waals surface area contributed by atoms with Crippen LogP contribution in [0.25, 0.3) is 0 Å². The molecule has 0 spiro atoms. The summed E-state index contributed by atoms with van der Waals surface area (Å²) in [6, 6.07) is 5.53. The van der Waals surface area contributed by atoms with Gasteiger partial charge in [0.25, 0.3) is 5.91 Å². The van der Waals surface area contributed by atoms with Crippen LogP contribution in [0.3, 0.4) is 0 Å². The average molecular weight is 291 g/mol. The first-order chi connectivity index (χ1) is 10.0. The van der Waals surface area contributed by atoms with E-state index < -0.39 is 5.82 Å². The van der Waals surface area contributed by atoms with Crippen LogP contribution in [0.4, 0.5) is 10.1 Å². The molecule has 4 nitrogen and oxygen atoms in total. The normalized spacial score (nSPS) is 29.1. The highest BCUT2D eigenvalue weighted by Gasteiger charge is 2.36. The molecule has 2 bridgehead atoms. The van der Waals surface area contributed by atoms with Crippen LogP contribution in [0.15, 0.2) is 18.2 Å². The Labute approximate surface area is 124 Å². The van der Waals surface area contributed by atoms with Crippen molar-refractivity contribution in [3.63, 3.8) is 0 Å². The second-order valence-corrected chi connectivity index (χ2v) is 6.28. The fourth-order valence-electron chi connectivity index (χ4n) is 3.67. The first-order valence-electron chi connectivity index (χ1n) is 7.62. The zero-order valence-electron chi connectivity index (χ0n) is 12.3. The number of anilines is 1. The highest BCUT2D eigenvalue weighted by Crippen LogP contribution is 2.32. The predicted molar refractivity (Wildman–Crippen MR) is 80.5 cm³/mol. The van der Waals surface area contributed by atoms with Crippen molar-refractivity contribution in [1.29, 1.82) is 0 Å². The van der Waals surface area contributed by atoms with E-state index in [-0.39, 0.29) is 17.6 Å². The van der Waals surface area contributed by atoms with E-state index >= 15 is 0 Å². The number of benzene rings is 1. The zero-order valence-corrected chi connectivity index (χ0v) is 12.3. The monoisotopic (exact) mass is 291 g/mol. The summed E-state index contributed by atoms with van der Waals surface area (Å²) in [5, 5.41) is 3.06. The highest BCUT2D eigenvalue weighted by molar-refractivity contribution is 5.94. The molecular weight excluding hydrogens is 269 g/mol. The zero-order chi connectivity index (χ0) is 15.0. The molecule has 0 aliphatic carbocycles. The van der Waals surface area contributed by atoms with E-state index in [9.17, 15) is 9.18 Å². The smallest absolute Gasteiger partial charge is 0.251 e. The molecule has 2 aliphatic rings. The number of nitrogen functional groups attached to an aromatic ring is 1. The SMILES string of the molecule is CN1[C@@H]2CCC[C@H]1CC(NC(=O)c1ccc(N)c(F)c1)C2. The Morgan fingerprint density at radius 1 is 1.33 bits per heavy atom. The lowest BCUT2D eigenvalue weighted by molar-refractivity contribution is 0.0463. The summed E-state index contributed by atoms with van der Waals surface area (Å²) in [5.74, 6) is -0.746. The van der Waals surface area contributed by atoms with Crippen LogP contribution >= 0.6 is 0 Å². The van der Waals surface area contributed by atoms with E-state index in [0.29, 0.717) is 17.6 Å². The Morgan fingerprint density at radius 2 is 2.00 bits per heavy atom. The van der Waals surface area contributed by atoms with Gasteiger partial charge in [0, 0.05) is 23.7 Å². The number of nitrogens with two attached hydrogens (primary N) is 1. The largest absolute Gasteiger partial charge is 0.396 e. The fraction of sp³-hybridized carbons (Fsp3) is 0.562. The van der Waals surface area contributed by atoms with Crippen LogP contribution in [-0.2, 0) is 0 Å². The molecule has 3 N–H and O–H groups in total. The average Bonchev–Trinajstić information content (AvgIpc) is 2.43. The number of hydrogen-bond acceptors (Lipinski definition) is 3. The molecule has 5 heteroatoms. The third kappa shape index (κ3) is 2.88. The number of fused-ring (bicyclic) bond motifs is 2. The Bertz CT molecular complexity index is 534. The summed E-state index contributed by atoms with van der Waals surface area (Å²) in [6.07, 6.45) is 5.65. The molecule has 1 aromatic rings. The van der Waals surface area contributed by atoms with Gasteiger partial charge in [-0.1, -0.05) is 6.42 Å². The topological polar surface area (TPSA) is 58.4 Å². The van der Waals surface area contributed by atoms with Gasteiger partial charge in [0.05, 0.1) is 5.69 Å². The van der Waals surface area contributed by atoms with Gasteiger partial charge in [0.1, 0.15) is 5.82 Å². The molecule has 3 rings (SSSR count). The van der Waals surface area contributed by atoms with E-state index in [1.54, 1.807) is 6.07 Å². The van der Waals surface area contributed by atoms with Crippen molar-refractivity contribution in [1.82, 2.24) is 10.2 Å². The number of amides is 1. The van der Waals surface area contributed by atoms with Gasteiger partial charge in [0.2, 0.25) is 0 Å². The van der Waals surface area contributed by atoms with Crippen molar-refractivity contribution in [3.05, 3.63) is 29.6 Å². The Kier molecular flexibility index (Phi) is 3.85. The predicted octanol–water partition coefficient (Wildman–Crippen LogP) is 2.15. The minimum absolute atomic E-state index is 0.0698. The summed E-state index contributed by atoms with van der Waals surface area (Å²) in [6.45, 7) is 0. The molecule has 0 radical (unpaired) electrons. The third-order valence-corrected chi connectivity index (χ3v) is 4.94. The van der Waals surface area contributed by atoms with Gasteiger partial charge < -0.3 is 16.0 Å². The molecule has 2 aliphatic heterocycles. The minimum Gasteiger partial charge on any atom is -0.396 e. The van der Waals surface area contributed by atoms with Crippen molar-refractivity contribution in [2.24, 2.45) is 0 Å². The molecule has 1 aromatic carbocycles. The highest BCUT2D eigenvalue weighted by atomic mass is 19.1. The number of hydrogen-bond donors (Lipinski definition) is 2. The molecule has 0 aromatic heterocycles. The Hall–Kier alpha value is -1.62. The van der Waals surface area contributed by atoms with E-state index in [1.165, 1.54) is 31.4 Å². The van der Waals surface area contributed by atoms with Gasteiger partial charge in [-0.05, 0) is 50.9 Å². The summed E-state index contributed by atoms with van der Waals surface area (Å²) in [5.41, 5.74) is 5.85. The summed E-state index contributed by atoms with van der Waals surface area (Å²) >= 11 is 0. The van der Waals surface area contributed by atoms with E-state index in [2.05, 4.69) is 17.3 Å². The lowest BCUT2D eigenvalue weighted by Gasteiger charge is -2.47. The van der Waals surface area contributed by atoms with Crippen molar-refractivity contribution in [3.8, 4) is 0 Å². The maximum atomic E-state index is 13.4. The number of rotatable bonds is 2. The molecule has 0 saturated carbocycles. The second kappa shape index (κ2) is 5.64. The lowest BCUT2D eigenvalue weighted by atomic mass is 9.82. The van der Waals surface area contributed by atoms with Crippen LogP contribution in [0, 0.1) is 5.82 Å². The molecule has 1 amide bonds. The first kappa shape index (κ1) is 14.3. The van der Waals surface area contributed by atoms with Crippen molar-refractivity contribution in [2.75, 3.05) is 12.8 Å². The van der Waals surface area contributed by atoms with Crippen LogP contribution < -0.4 is 11.1 Å². The quantitative estimate of drug-likeness (QED) is 0.821. The van der Waals surface area contributed by atoms with Crippen LogP contribution in [0.1, 0.15) is 42.5 Å². The standard InChI is InChI=1S/C16H22FN3O/c1-20-12-3-2-4-13(20)9-11(8-12)19-16(21)10-5-6-15(18)14(17)7-10/h5-7,11-13H,2-4,8-9,18H2,1H3,(H,19,21)/t11?,12-,13+. The number of piperidine rings is 2. The first-order valence-corrected chi connectivity index (χ1v) is 7.62. The number of halogens is 1. The molecular formula is C16H22FN3O. The Morgan fingerprint density at radius 3 is 2.62 bits per heavy atom. The maximum absolute atomic E-state index is 13.4. The van der Waals surface area contributed by atoms with Gasteiger partial charge in [-0.3, -0.25) is 4.79 Å². The van der Waals surface area contributed by atoms with Crippen LogP contribution in [0.5, 0.6) is 0 Å². The molecule has 3 atom stereocenters. The van der Waals surface area contributed by atoms with Gasteiger partial charge >= 0.3 is 0 Å². The van der Waals surface area contributed by atoms with Gasteiger partial charge in [-0.25, -0.2) is 4.39 Å². The van der Waals surface area contributed by atoms with E-state index in [4.69, 9.17) is 5.73 Å². The molecule has 21 heavy (non-hydrogen) atoms. The van der Waals surface area contributed by atoms with Crippen molar-refractivity contribution >= 4 is 11.6 Å². The molecule has 2 fully saturated rings. The molecule has 2 heterocycles. The van der Waals surface area contributed by atoms with Gasteiger partial charge in [-0.2, -0.15) is 0 Å². The van der Waals surface area contributed by atoms with E-state index in [0.717, 1.165) is 12.8 Å².